The van der Waals surface area contributed by atoms with Crippen molar-refractivity contribution < 1.29 is 9.53 Å². The first-order chi connectivity index (χ1) is 13.0. The van der Waals surface area contributed by atoms with Crippen LogP contribution in [0.2, 0.25) is 0 Å². The predicted molar refractivity (Wildman–Crippen MR) is 102 cm³/mol. The summed E-state index contributed by atoms with van der Waals surface area (Å²) in [5, 5.41) is 11.8. The molecule has 0 unspecified atom stereocenters. The van der Waals surface area contributed by atoms with E-state index in [1.807, 2.05) is 36.1 Å². The number of methoxy groups -OCH3 is 1. The Morgan fingerprint density at radius 2 is 2.07 bits per heavy atom. The van der Waals surface area contributed by atoms with Crippen LogP contribution in [0.15, 0.2) is 24.3 Å². The number of amides is 1. The first-order valence-corrected chi connectivity index (χ1v) is 9.32. The topological polar surface area (TPSA) is 76.4 Å². The molecule has 0 saturated carbocycles. The minimum Gasteiger partial charge on any atom is -0.497 e. The molecule has 0 radical (unpaired) electrons. The monoisotopic (exact) mass is 372 g/mol. The van der Waals surface area contributed by atoms with Gasteiger partial charge in [0.15, 0.2) is 0 Å². The maximum absolute atomic E-state index is 13.3. The third-order valence-electron chi connectivity index (χ3n) is 5.31. The minimum absolute atomic E-state index is 0.0745. The van der Waals surface area contributed by atoms with Gasteiger partial charge in [-0.1, -0.05) is 12.1 Å². The molecule has 0 bridgehead atoms. The highest BCUT2D eigenvalue weighted by Gasteiger charge is 2.31. The summed E-state index contributed by atoms with van der Waals surface area (Å²) in [5.74, 6) is 1.49. The number of piperidine rings is 1. The lowest BCUT2D eigenvalue weighted by Gasteiger charge is -2.36. The van der Waals surface area contributed by atoms with E-state index in [0.29, 0.717) is 18.3 Å². The summed E-state index contributed by atoms with van der Waals surface area (Å²) in [4.78, 5) is 17.5. The molecule has 1 saturated heterocycles. The first-order valence-electron chi connectivity index (χ1n) is 9.32. The lowest BCUT2D eigenvalue weighted by atomic mass is 10.0. The van der Waals surface area contributed by atoms with Gasteiger partial charge in [0.2, 0.25) is 5.91 Å². The molecule has 3 rings (SSSR count). The van der Waals surface area contributed by atoms with Crippen LogP contribution in [-0.2, 0) is 11.2 Å². The summed E-state index contributed by atoms with van der Waals surface area (Å²) in [7, 11) is 5.83. The van der Waals surface area contributed by atoms with E-state index in [4.69, 9.17) is 4.74 Å². The molecule has 0 N–H and O–H groups in total. The van der Waals surface area contributed by atoms with Crippen molar-refractivity contribution in [2.45, 2.75) is 38.3 Å². The lowest BCUT2D eigenvalue weighted by Crippen LogP contribution is -2.47. The van der Waals surface area contributed by atoms with Crippen molar-refractivity contribution in [1.82, 2.24) is 30.0 Å². The fraction of sp³-hybridized carbons (Fsp3) is 0.579. The SMILES string of the molecule is COc1cccc(C[C@@H](C(=O)N2CCC(N(C)C)CC2)n2nnnc2C)c1. The second-order valence-electron chi connectivity index (χ2n) is 7.26. The van der Waals surface area contributed by atoms with E-state index < -0.39 is 6.04 Å². The van der Waals surface area contributed by atoms with Gasteiger partial charge < -0.3 is 14.5 Å². The van der Waals surface area contributed by atoms with Crippen molar-refractivity contribution >= 4 is 5.91 Å². The molecule has 1 aliphatic rings. The van der Waals surface area contributed by atoms with Crippen LogP contribution < -0.4 is 4.74 Å². The number of rotatable bonds is 6. The summed E-state index contributed by atoms with van der Waals surface area (Å²) in [5.41, 5.74) is 1.02. The number of likely N-dealkylation sites (tertiary alicyclic amines) is 1. The molecule has 2 heterocycles. The van der Waals surface area contributed by atoms with Crippen LogP contribution in [0.3, 0.4) is 0 Å². The van der Waals surface area contributed by atoms with Gasteiger partial charge in [-0.15, -0.1) is 5.10 Å². The predicted octanol–water partition coefficient (Wildman–Crippen LogP) is 1.33. The summed E-state index contributed by atoms with van der Waals surface area (Å²) in [6.07, 6.45) is 2.49. The molecule has 0 aliphatic carbocycles. The Bertz CT molecular complexity index is 767. The largest absolute Gasteiger partial charge is 0.497 e. The van der Waals surface area contributed by atoms with Crippen LogP contribution in [0.5, 0.6) is 5.75 Å². The van der Waals surface area contributed by atoms with Gasteiger partial charge in [-0.05, 0) is 62.0 Å². The molecule has 27 heavy (non-hydrogen) atoms. The highest BCUT2D eigenvalue weighted by molar-refractivity contribution is 5.81. The van der Waals surface area contributed by atoms with Crippen molar-refractivity contribution in [3.8, 4) is 5.75 Å². The summed E-state index contributed by atoms with van der Waals surface area (Å²) in [6, 6.07) is 7.86. The highest BCUT2D eigenvalue weighted by atomic mass is 16.5. The first kappa shape index (κ1) is 19.3. The number of hydrogen-bond acceptors (Lipinski definition) is 6. The normalized spacial score (nSPS) is 16.6. The van der Waals surface area contributed by atoms with E-state index in [1.165, 1.54) is 0 Å². The maximum atomic E-state index is 13.3. The van der Waals surface area contributed by atoms with Gasteiger partial charge in [0.1, 0.15) is 17.6 Å². The van der Waals surface area contributed by atoms with Crippen LogP contribution in [-0.4, -0.2) is 76.3 Å². The number of carbonyl (C=O) groups is 1. The molecule has 0 spiro atoms. The smallest absolute Gasteiger partial charge is 0.247 e. The van der Waals surface area contributed by atoms with Gasteiger partial charge in [0.25, 0.3) is 0 Å². The van der Waals surface area contributed by atoms with Crippen LogP contribution in [0.25, 0.3) is 0 Å². The number of aryl methyl sites for hydroxylation is 1. The van der Waals surface area contributed by atoms with E-state index in [0.717, 1.165) is 37.2 Å². The van der Waals surface area contributed by atoms with Crippen LogP contribution in [0, 0.1) is 6.92 Å². The van der Waals surface area contributed by atoms with E-state index in [-0.39, 0.29) is 5.91 Å². The molecule has 2 aromatic rings. The Morgan fingerprint density at radius 1 is 1.33 bits per heavy atom. The van der Waals surface area contributed by atoms with E-state index >= 15 is 0 Å². The molecule has 1 amide bonds. The second kappa shape index (κ2) is 8.47. The van der Waals surface area contributed by atoms with Crippen molar-refractivity contribution in [2.24, 2.45) is 0 Å². The summed E-state index contributed by atoms with van der Waals surface area (Å²) < 4.78 is 6.95. The Balaban J connectivity index is 1.80. The van der Waals surface area contributed by atoms with Gasteiger partial charge in [-0.3, -0.25) is 4.79 Å². The fourth-order valence-electron chi connectivity index (χ4n) is 3.64. The van der Waals surface area contributed by atoms with Gasteiger partial charge in [-0.2, -0.15) is 0 Å². The fourth-order valence-corrected chi connectivity index (χ4v) is 3.64. The Morgan fingerprint density at radius 3 is 2.67 bits per heavy atom. The number of tetrazole rings is 1. The number of carbonyl (C=O) groups excluding carboxylic acids is 1. The van der Waals surface area contributed by atoms with Crippen LogP contribution >= 0.6 is 0 Å². The third-order valence-corrected chi connectivity index (χ3v) is 5.31. The summed E-state index contributed by atoms with van der Waals surface area (Å²) >= 11 is 0. The van der Waals surface area contributed by atoms with Gasteiger partial charge in [0, 0.05) is 25.6 Å². The Labute approximate surface area is 160 Å². The Hall–Kier alpha value is -2.48. The molecule has 8 nitrogen and oxygen atoms in total. The number of nitrogens with zero attached hydrogens (tertiary/aromatic N) is 6. The molecule has 1 aromatic heterocycles. The molecule has 1 atom stereocenters. The number of aromatic nitrogens is 4. The standard InChI is InChI=1S/C19H28N6O2/c1-14-20-21-22-25(14)18(13-15-6-5-7-17(12-15)27-4)19(26)24-10-8-16(9-11-24)23(2)3/h5-7,12,16,18H,8-11,13H2,1-4H3/t18-/m0/s1. The van der Waals surface area contributed by atoms with E-state index in [2.05, 4.69) is 34.5 Å². The van der Waals surface area contributed by atoms with E-state index in [9.17, 15) is 4.79 Å². The second-order valence-corrected chi connectivity index (χ2v) is 7.26. The summed E-state index contributed by atoms with van der Waals surface area (Å²) in [6.45, 7) is 3.35. The lowest BCUT2D eigenvalue weighted by molar-refractivity contribution is -0.136. The van der Waals surface area contributed by atoms with E-state index in [1.54, 1.807) is 11.8 Å². The quantitative estimate of drug-likeness (QED) is 0.761. The molecule has 146 valence electrons. The maximum Gasteiger partial charge on any atom is 0.247 e. The zero-order chi connectivity index (χ0) is 19.4. The van der Waals surface area contributed by atoms with Crippen LogP contribution in [0.4, 0.5) is 0 Å². The minimum atomic E-state index is -0.456. The zero-order valence-corrected chi connectivity index (χ0v) is 16.5. The number of ether oxygens (including phenoxy) is 1. The molecule has 1 aromatic carbocycles. The van der Waals surface area contributed by atoms with Crippen molar-refractivity contribution in [3.63, 3.8) is 0 Å². The van der Waals surface area contributed by atoms with Crippen molar-refractivity contribution in [1.29, 1.82) is 0 Å². The average Bonchev–Trinajstić information content (AvgIpc) is 3.11. The number of hydrogen-bond donors (Lipinski definition) is 0. The average molecular weight is 372 g/mol. The highest BCUT2D eigenvalue weighted by Crippen LogP contribution is 2.23. The molecule has 1 fully saturated rings. The van der Waals surface area contributed by atoms with Gasteiger partial charge in [0.05, 0.1) is 7.11 Å². The zero-order valence-electron chi connectivity index (χ0n) is 16.5. The molecular weight excluding hydrogens is 344 g/mol. The van der Waals surface area contributed by atoms with Crippen molar-refractivity contribution in [2.75, 3.05) is 34.3 Å². The van der Waals surface area contributed by atoms with Gasteiger partial charge in [-0.25, -0.2) is 4.68 Å². The third kappa shape index (κ3) is 4.44. The van der Waals surface area contributed by atoms with Crippen LogP contribution in [0.1, 0.15) is 30.3 Å². The van der Waals surface area contributed by atoms with Crippen molar-refractivity contribution in [3.05, 3.63) is 35.7 Å². The molecular formula is C19H28N6O2. The Kier molecular flexibility index (Phi) is 6.05. The number of benzene rings is 1. The molecule has 1 aliphatic heterocycles. The molecule has 8 heteroatoms. The van der Waals surface area contributed by atoms with Gasteiger partial charge >= 0.3 is 0 Å².